The van der Waals surface area contributed by atoms with Gasteiger partial charge in [0.2, 0.25) is 12.7 Å². The number of rotatable bonds is 10. The molecule has 0 radical (unpaired) electrons. The number of ether oxygens (including phenoxy) is 4. The van der Waals surface area contributed by atoms with E-state index in [1.165, 1.54) is 19.1 Å². The Morgan fingerprint density at radius 3 is 2.49 bits per heavy atom. The van der Waals surface area contributed by atoms with Crippen LogP contribution in [0.25, 0.3) is 0 Å². The average Bonchev–Trinajstić information content (AvgIpc) is 3.73. The first-order valence-corrected chi connectivity index (χ1v) is 13.8. The molecular weight excluding hydrogens is 550 g/mol. The summed E-state index contributed by atoms with van der Waals surface area (Å²) in [4.78, 5) is 41.6. The number of fused-ring (bicyclic) bond motifs is 1. The molecule has 1 aliphatic heterocycles. The highest BCUT2D eigenvalue weighted by Gasteiger charge is 2.37. The molecule has 0 saturated heterocycles. The summed E-state index contributed by atoms with van der Waals surface area (Å²) in [6.45, 7) is 0.0859. The van der Waals surface area contributed by atoms with Gasteiger partial charge >= 0.3 is 0 Å². The van der Waals surface area contributed by atoms with Gasteiger partial charge in [-0.1, -0.05) is 25.0 Å². The molecule has 0 spiro atoms. The summed E-state index contributed by atoms with van der Waals surface area (Å²) >= 11 is 0.754. The van der Waals surface area contributed by atoms with Crippen LogP contribution in [0.15, 0.2) is 36.4 Å². The first kappa shape index (κ1) is 28.0. The van der Waals surface area contributed by atoms with Crippen molar-refractivity contribution in [2.75, 3.05) is 26.7 Å². The predicted molar refractivity (Wildman–Crippen MR) is 150 cm³/mol. The molecule has 13 heteroatoms. The van der Waals surface area contributed by atoms with Gasteiger partial charge in [0, 0.05) is 12.6 Å². The number of nitrogen functional groups attached to an aromatic ring is 1. The summed E-state index contributed by atoms with van der Waals surface area (Å²) in [6.07, 6.45) is 3.73. The van der Waals surface area contributed by atoms with E-state index in [0.717, 1.165) is 37.2 Å². The van der Waals surface area contributed by atoms with Crippen molar-refractivity contribution >= 4 is 34.9 Å². The Balaban J connectivity index is 1.62. The van der Waals surface area contributed by atoms with E-state index in [0.29, 0.717) is 34.1 Å². The second kappa shape index (κ2) is 11.9. The maximum atomic E-state index is 14.2. The number of carbonyl (C=O) groups is 3. The molecule has 1 saturated carbocycles. The molecule has 216 valence electrons. The topological polar surface area (TPSA) is 168 Å². The number of hydrogen-bond acceptors (Lipinski definition) is 10. The molecule has 5 N–H and O–H groups in total. The number of aromatic nitrogens is 1. The summed E-state index contributed by atoms with van der Waals surface area (Å²) in [5.41, 5.74) is 12.4. The maximum absolute atomic E-state index is 14.2. The third kappa shape index (κ3) is 5.71. The van der Waals surface area contributed by atoms with E-state index in [9.17, 15) is 14.4 Å². The summed E-state index contributed by atoms with van der Waals surface area (Å²) in [5, 5.41) is 3.13. The van der Waals surface area contributed by atoms with Crippen molar-refractivity contribution in [1.82, 2.24) is 14.6 Å². The van der Waals surface area contributed by atoms with Crippen LogP contribution in [-0.4, -0.2) is 54.0 Å². The lowest BCUT2D eigenvalue weighted by Gasteiger charge is -2.32. The number of anilines is 1. The Morgan fingerprint density at radius 2 is 1.80 bits per heavy atom. The number of methoxy groups -OCH3 is 2. The van der Waals surface area contributed by atoms with Gasteiger partial charge in [0.05, 0.1) is 19.9 Å². The van der Waals surface area contributed by atoms with Crippen LogP contribution >= 0.6 is 11.5 Å². The molecule has 3 amide bonds. The van der Waals surface area contributed by atoms with Gasteiger partial charge < -0.3 is 40.6 Å². The zero-order chi connectivity index (χ0) is 29.1. The monoisotopic (exact) mass is 581 g/mol. The van der Waals surface area contributed by atoms with Gasteiger partial charge in [-0.15, -0.1) is 0 Å². The van der Waals surface area contributed by atoms with Gasteiger partial charge in [0.15, 0.2) is 28.7 Å². The van der Waals surface area contributed by atoms with Crippen molar-refractivity contribution in [3.63, 3.8) is 0 Å². The van der Waals surface area contributed by atoms with E-state index in [1.54, 1.807) is 36.4 Å². The Morgan fingerprint density at radius 1 is 1.07 bits per heavy atom. The zero-order valence-corrected chi connectivity index (χ0v) is 23.5. The minimum atomic E-state index is -1.10. The molecule has 1 fully saturated rings. The molecule has 0 unspecified atom stereocenters. The van der Waals surface area contributed by atoms with E-state index in [1.807, 2.05) is 0 Å². The Bertz CT molecular complexity index is 1470. The lowest BCUT2D eigenvalue weighted by molar-refractivity contribution is -0.126. The number of nitrogens with one attached hydrogen (secondary N) is 1. The minimum absolute atomic E-state index is 0.00122. The molecule has 2 heterocycles. The fourth-order valence-electron chi connectivity index (χ4n) is 5.12. The fraction of sp³-hybridized carbons (Fsp3) is 0.357. The second-order valence-corrected chi connectivity index (χ2v) is 10.5. The van der Waals surface area contributed by atoms with Gasteiger partial charge in [0.25, 0.3) is 11.8 Å². The number of primary amides is 1. The number of nitrogens with zero attached hydrogens (tertiary/aromatic N) is 2. The lowest BCUT2D eigenvalue weighted by atomic mass is 10.0. The van der Waals surface area contributed by atoms with Gasteiger partial charge in [-0.05, 0) is 59.8 Å². The zero-order valence-electron chi connectivity index (χ0n) is 22.7. The van der Waals surface area contributed by atoms with Crippen molar-refractivity contribution in [3.05, 3.63) is 58.1 Å². The molecule has 2 aromatic carbocycles. The first-order chi connectivity index (χ1) is 19.8. The number of hydrogen-bond donors (Lipinski definition) is 3. The molecule has 3 aromatic rings. The minimum Gasteiger partial charge on any atom is -0.493 e. The molecule has 41 heavy (non-hydrogen) atoms. The quantitative estimate of drug-likeness (QED) is 0.326. The molecule has 1 atom stereocenters. The normalized spacial score (nSPS) is 14.9. The van der Waals surface area contributed by atoms with Crippen LogP contribution in [0.1, 0.15) is 63.0 Å². The largest absolute Gasteiger partial charge is 0.493 e. The van der Waals surface area contributed by atoms with Crippen LogP contribution in [-0.2, 0) is 11.3 Å². The van der Waals surface area contributed by atoms with Crippen LogP contribution in [0.2, 0.25) is 0 Å². The van der Waals surface area contributed by atoms with Crippen LogP contribution in [0, 0.1) is 0 Å². The Kier molecular flexibility index (Phi) is 8.15. The van der Waals surface area contributed by atoms with Gasteiger partial charge in [-0.2, -0.15) is 4.37 Å². The third-order valence-corrected chi connectivity index (χ3v) is 8.04. The van der Waals surface area contributed by atoms with E-state index in [-0.39, 0.29) is 41.5 Å². The standard InChI is InChI=1S/C28H31N5O7S/c1-37-18-10-8-16(12-20(18)38-2)24(27(35)31-17-5-3-4-6-17)33(13-15-7-9-19-21(11-15)40-14-39-19)28(36)25-22(29)23(26(30)34)32-41-25/h7-12,17,24H,3-6,13-14,29H2,1-2H3,(H2,30,34)(H,31,35)/t24-/m1/s1. The van der Waals surface area contributed by atoms with Crippen LogP contribution in [0.4, 0.5) is 5.69 Å². The van der Waals surface area contributed by atoms with E-state index in [2.05, 4.69) is 9.69 Å². The number of carbonyl (C=O) groups excluding carboxylic acids is 3. The lowest BCUT2D eigenvalue weighted by Crippen LogP contribution is -2.45. The highest BCUT2D eigenvalue weighted by atomic mass is 32.1. The van der Waals surface area contributed by atoms with Crippen LogP contribution < -0.4 is 35.7 Å². The summed E-state index contributed by atoms with van der Waals surface area (Å²) in [5.74, 6) is 0.171. The molecule has 0 bridgehead atoms. The number of amides is 3. The van der Waals surface area contributed by atoms with E-state index in [4.69, 9.17) is 30.4 Å². The molecular formula is C28H31N5O7S. The first-order valence-electron chi connectivity index (χ1n) is 13.1. The van der Waals surface area contributed by atoms with Crippen molar-refractivity contribution in [3.8, 4) is 23.0 Å². The third-order valence-electron chi connectivity index (χ3n) is 7.19. The van der Waals surface area contributed by atoms with Gasteiger partial charge in [-0.25, -0.2) is 0 Å². The molecule has 12 nitrogen and oxygen atoms in total. The average molecular weight is 582 g/mol. The highest BCUT2D eigenvalue weighted by Crippen LogP contribution is 2.37. The summed E-state index contributed by atoms with van der Waals surface area (Å²) in [7, 11) is 3.01. The van der Waals surface area contributed by atoms with Crippen LogP contribution in [0.5, 0.6) is 23.0 Å². The van der Waals surface area contributed by atoms with E-state index >= 15 is 0 Å². The Labute approximate surface area is 240 Å². The fourth-order valence-corrected chi connectivity index (χ4v) is 5.88. The molecule has 1 aromatic heterocycles. The van der Waals surface area contributed by atoms with Crippen LogP contribution in [0.3, 0.4) is 0 Å². The molecule has 1 aliphatic carbocycles. The predicted octanol–water partition coefficient (Wildman–Crippen LogP) is 3.01. The second-order valence-electron chi connectivity index (χ2n) is 9.77. The molecule has 5 rings (SSSR count). The van der Waals surface area contributed by atoms with Crippen molar-refractivity contribution in [2.24, 2.45) is 5.73 Å². The number of nitrogens with two attached hydrogens (primary N) is 2. The van der Waals surface area contributed by atoms with E-state index < -0.39 is 17.9 Å². The number of benzene rings is 2. The van der Waals surface area contributed by atoms with Gasteiger partial charge in [0.1, 0.15) is 10.9 Å². The highest BCUT2D eigenvalue weighted by molar-refractivity contribution is 7.09. The molecule has 2 aliphatic rings. The van der Waals surface area contributed by atoms with Crippen molar-refractivity contribution < 1.29 is 33.3 Å². The van der Waals surface area contributed by atoms with Crippen molar-refractivity contribution in [2.45, 2.75) is 44.3 Å². The van der Waals surface area contributed by atoms with Gasteiger partial charge in [-0.3, -0.25) is 14.4 Å². The smallest absolute Gasteiger partial charge is 0.270 e. The summed E-state index contributed by atoms with van der Waals surface area (Å²) in [6, 6.07) is 9.24. The SMILES string of the molecule is COc1ccc([C@H](C(=O)NC2CCCC2)N(Cc2ccc3c(c2)OCO3)C(=O)c2snc(C(N)=O)c2N)cc1OC. The van der Waals surface area contributed by atoms with Crippen molar-refractivity contribution in [1.29, 1.82) is 0 Å². The summed E-state index contributed by atoms with van der Waals surface area (Å²) < 4.78 is 25.9. The maximum Gasteiger partial charge on any atom is 0.270 e. The Hall–Kier alpha value is -4.52.